The zero-order valence-corrected chi connectivity index (χ0v) is 14.2. The van der Waals surface area contributed by atoms with Crippen molar-refractivity contribution in [1.29, 1.82) is 0 Å². The summed E-state index contributed by atoms with van der Waals surface area (Å²) in [6.45, 7) is 4.05. The lowest BCUT2D eigenvalue weighted by Crippen LogP contribution is -2.22. The fourth-order valence-electron chi connectivity index (χ4n) is 3.15. The molecule has 3 heteroatoms. The van der Waals surface area contributed by atoms with Crippen molar-refractivity contribution >= 4 is 10.9 Å². The lowest BCUT2D eigenvalue weighted by molar-refractivity contribution is 0.965. The molecule has 0 fully saturated rings. The van der Waals surface area contributed by atoms with Crippen LogP contribution in [-0.4, -0.2) is 9.55 Å². The molecule has 3 nitrogen and oxygen atoms in total. The minimum atomic E-state index is -0.0450. The standard InChI is InChI=1S/C22H18N2O/c1-15-8-7-10-17(14-15)21-23-19-12-5-4-11-18(19)22(25)24(21)20-13-6-3-9-16(20)2/h3-14H,1-2H3. The molecule has 0 N–H and O–H groups in total. The molecule has 0 spiro atoms. The van der Waals surface area contributed by atoms with E-state index < -0.39 is 0 Å². The Morgan fingerprint density at radius 2 is 1.60 bits per heavy atom. The highest BCUT2D eigenvalue weighted by Gasteiger charge is 2.15. The molecular weight excluding hydrogens is 308 g/mol. The highest BCUT2D eigenvalue weighted by Crippen LogP contribution is 2.24. The van der Waals surface area contributed by atoms with Crippen molar-refractivity contribution in [2.75, 3.05) is 0 Å². The van der Waals surface area contributed by atoms with E-state index in [9.17, 15) is 4.79 Å². The van der Waals surface area contributed by atoms with Gasteiger partial charge in [-0.15, -0.1) is 0 Å². The first-order chi connectivity index (χ1) is 12.1. The van der Waals surface area contributed by atoms with Crippen LogP contribution in [0.5, 0.6) is 0 Å². The summed E-state index contributed by atoms with van der Waals surface area (Å²) in [5.74, 6) is 0.668. The molecule has 1 heterocycles. The molecule has 0 saturated carbocycles. The maximum atomic E-state index is 13.3. The number of aryl methyl sites for hydroxylation is 2. The van der Waals surface area contributed by atoms with Crippen LogP contribution in [0, 0.1) is 13.8 Å². The molecule has 4 aromatic rings. The first-order valence-corrected chi connectivity index (χ1v) is 8.30. The largest absolute Gasteiger partial charge is 0.268 e. The molecule has 0 unspecified atom stereocenters. The van der Waals surface area contributed by atoms with E-state index in [-0.39, 0.29) is 5.56 Å². The Bertz CT molecular complexity index is 1140. The van der Waals surface area contributed by atoms with Gasteiger partial charge in [-0.25, -0.2) is 4.98 Å². The third-order valence-corrected chi connectivity index (χ3v) is 4.41. The molecular formula is C22H18N2O. The normalized spacial score (nSPS) is 11.0. The fraction of sp³-hybridized carbons (Fsp3) is 0.0909. The number of fused-ring (bicyclic) bond motifs is 1. The van der Waals surface area contributed by atoms with Crippen LogP contribution >= 0.6 is 0 Å². The van der Waals surface area contributed by atoms with E-state index >= 15 is 0 Å². The highest BCUT2D eigenvalue weighted by atomic mass is 16.1. The Morgan fingerprint density at radius 1 is 0.840 bits per heavy atom. The van der Waals surface area contributed by atoms with Crippen molar-refractivity contribution in [2.24, 2.45) is 0 Å². The van der Waals surface area contributed by atoms with Crippen molar-refractivity contribution in [3.05, 3.63) is 94.3 Å². The highest BCUT2D eigenvalue weighted by molar-refractivity contribution is 5.80. The third-order valence-electron chi connectivity index (χ3n) is 4.41. The summed E-state index contributed by atoms with van der Waals surface area (Å²) < 4.78 is 1.73. The molecule has 0 saturated heterocycles. The van der Waals surface area contributed by atoms with Gasteiger partial charge in [-0.1, -0.05) is 54.1 Å². The van der Waals surface area contributed by atoms with Gasteiger partial charge in [-0.2, -0.15) is 0 Å². The molecule has 25 heavy (non-hydrogen) atoms. The van der Waals surface area contributed by atoms with E-state index in [0.717, 1.165) is 22.4 Å². The van der Waals surface area contributed by atoms with Crippen molar-refractivity contribution in [2.45, 2.75) is 13.8 Å². The molecule has 1 aromatic heterocycles. The average Bonchev–Trinajstić information content (AvgIpc) is 2.63. The lowest BCUT2D eigenvalue weighted by atomic mass is 10.1. The second-order valence-corrected chi connectivity index (χ2v) is 6.25. The van der Waals surface area contributed by atoms with Gasteiger partial charge in [0, 0.05) is 5.56 Å². The van der Waals surface area contributed by atoms with Crippen LogP contribution in [0.25, 0.3) is 28.0 Å². The molecule has 4 rings (SSSR count). The summed E-state index contributed by atoms with van der Waals surface area (Å²) in [7, 11) is 0. The predicted octanol–water partition coefficient (Wildman–Crippen LogP) is 4.67. The SMILES string of the molecule is Cc1cccc(-c2nc3ccccc3c(=O)n2-c2ccccc2C)c1. The van der Waals surface area contributed by atoms with E-state index in [4.69, 9.17) is 4.98 Å². The molecule has 0 radical (unpaired) electrons. The average molecular weight is 326 g/mol. The van der Waals surface area contributed by atoms with Gasteiger partial charge in [0.2, 0.25) is 0 Å². The Labute approximate surface area is 146 Å². The van der Waals surface area contributed by atoms with Gasteiger partial charge >= 0.3 is 0 Å². The number of aromatic nitrogens is 2. The number of nitrogens with zero attached hydrogens (tertiary/aromatic N) is 2. The number of rotatable bonds is 2. The minimum absolute atomic E-state index is 0.0450. The van der Waals surface area contributed by atoms with Gasteiger partial charge in [0.25, 0.3) is 5.56 Å². The van der Waals surface area contributed by atoms with Gasteiger partial charge in [0.15, 0.2) is 0 Å². The van der Waals surface area contributed by atoms with Gasteiger partial charge in [0.05, 0.1) is 16.6 Å². The lowest BCUT2D eigenvalue weighted by Gasteiger charge is -2.16. The van der Waals surface area contributed by atoms with Crippen molar-refractivity contribution < 1.29 is 0 Å². The molecule has 3 aromatic carbocycles. The molecule has 0 aliphatic heterocycles. The topological polar surface area (TPSA) is 34.9 Å². The Hall–Kier alpha value is -3.20. The maximum Gasteiger partial charge on any atom is 0.266 e. The fourth-order valence-corrected chi connectivity index (χ4v) is 3.15. The van der Waals surface area contributed by atoms with Crippen LogP contribution in [0.3, 0.4) is 0 Å². The minimum Gasteiger partial charge on any atom is -0.268 e. The second-order valence-electron chi connectivity index (χ2n) is 6.25. The van der Waals surface area contributed by atoms with Gasteiger partial charge < -0.3 is 0 Å². The number of hydrogen-bond acceptors (Lipinski definition) is 2. The van der Waals surface area contributed by atoms with Gasteiger partial charge in [-0.05, 0) is 43.7 Å². The molecule has 0 bridgehead atoms. The van der Waals surface area contributed by atoms with Crippen LogP contribution in [-0.2, 0) is 0 Å². The molecule has 122 valence electrons. The van der Waals surface area contributed by atoms with Crippen molar-refractivity contribution in [1.82, 2.24) is 9.55 Å². The van der Waals surface area contributed by atoms with E-state index in [0.29, 0.717) is 16.7 Å². The summed E-state index contributed by atoms with van der Waals surface area (Å²) in [6.07, 6.45) is 0. The molecule has 0 atom stereocenters. The van der Waals surface area contributed by atoms with Crippen LogP contribution in [0.15, 0.2) is 77.6 Å². The Kier molecular flexibility index (Phi) is 3.69. The summed E-state index contributed by atoms with van der Waals surface area (Å²) in [5, 5.41) is 0.627. The second kappa shape index (κ2) is 6.02. The summed E-state index contributed by atoms with van der Waals surface area (Å²) in [6, 6.07) is 23.5. The van der Waals surface area contributed by atoms with Gasteiger partial charge in [-0.3, -0.25) is 9.36 Å². The Morgan fingerprint density at radius 3 is 2.40 bits per heavy atom. The molecule has 0 amide bonds. The van der Waals surface area contributed by atoms with E-state index in [1.165, 1.54) is 0 Å². The predicted molar refractivity (Wildman–Crippen MR) is 102 cm³/mol. The smallest absolute Gasteiger partial charge is 0.266 e. The zero-order chi connectivity index (χ0) is 17.4. The molecule has 0 aliphatic carbocycles. The quantitative estimate of drug-likeness (QED) is 0.536. The van der Waals surface area contributed by atoms with E-state index in [1.54, 1.807) is 4.57 Å². The van der Waals surface area contributed by atoms with Crippen molar-refractivity contribution in [3.63, 3.8) is 0 Å². The van der Waals surface area contributed by atoms with Gasteiger partial charge in [0.1, 0.15) is 5.82 Å². The zero-order valence-electron chi connectivity index (χ0n) is 14.2. The molecule has 0 aliphatic rings. The van der Waals surface area contributed by atoms with Crippen LogP contribution in [0.1, 0.15) is 11.1 Å². The first-order valence-electron chi connectivity index (χ1n) is 8.30. The number of hydrogen-bond donors (Lipinski definition) is 0. The van der Waals surface area contributed by atoms with Crippen LogP contribution < -0.4 is 5.56 Å². The Balaban J connectivity index is 2.16. The first kappa shape index (κ1) is 15.3. The van der Waals surface area contributed by atoms with E-state index in [2.05, 4.69) is 6.07 Å². The van der Waals surface area contributed by atoms with E-state index in [1.807, 2.05) is 80.6 Å². The summed E-state index contributed by atoms with van der Waals surface area (Å²) in [5.41, 5.74) is 4.64. The summed E-state index contributed by atoms with van der Waals surface area (Å²) in [4.78, 5) is 18.1. The maximum absolute atomic E-state index is 13.3. The number of para-hydroxylation sites is 2. The monoisotopic (exact) mass is 326 g/mol. The van der Waals surface area contributed by atoms with Crippen LogP contribution in [0.4, 0.5) is 0 Å². The number of benzene rings is 3. The third kappa shape index (κ3) is 2.64. The van der Waals surface area contributed by atoms with Crippen molar-refractivity contribution in [3.8, 4) is 17.1 Å². The summed E-state index contributed by atoms with van der Waals surface area (Å²) >= 11 is 0. The van der Waals surface area contributed by atoms with Crippen LogP contribution in [0.2, 0.25) is 0 Å².